The van der Waals surface area contributed by atoms with Gasteiger partial charge in [-0.1, -0.05) is 0 Å². The maximum absolute atomic E-state index is 11.6. The summed E-state index contributed by atoms with van der Waals surface area (Å²) in [4.78, 5) is 15.7. The predicted molar refractivity (Wildman–Crippen MR) is 56.8 cm³/mol. The lowest BCUT2D eigenvalue weighted by Crippen LogP contribution is -2.39. The van der Waals surface area contributed by atoms with Crippen molar-refractivity contribution >= 4 is 22.4 Å². The molecule has 76 valence electrons. The van der Waals surface area contributed by atoms with Crippen LogP contribution in [0.25, 0.3) is 0 Å². The quantitative estimate of drug-likeness (QED) is 0.796. The Morgan fingerprint density at radius 2 is 2.43 bits per heavy atom. The number of carbonyl (C=O) groups is 1. The minimum atomic E-state index is -0.0487. The minimum Gasteiger partial charge on any atom is -0.365 e. The summed E-state index contributed by atoms with van der Waals surface area (Å²) in [6, 6.07) is 0.377. The molecule has 0 saturated heterocycles. The molecular weight excluding hydrogens is 198 g/mol. The monoisotopic (exact) mass is 211 g/mol. The second-order valence-electron chi connectivity index (χ2n) is 3.39. The van der Waals surface area contributed by atoms with E-state index in [9.17, 15) is 4.79 Å². The Hall–Kier alpha value is -1.10. The molecule has 1 fully saturated rings. The van der Waals surface area contributed by atoms with Crippen LogP contribution in [-0.2, 0) is 0 Å². The van der Waals surface area contributed by atoms with Gasteiger partial charge >= 0.3 is 0 Å². The SMILES string of the molecule is CNc1nc(C(=O)NC2CCC2)cs1. The van der Waals surface area contributed by atoms with Crippen molar-refractivity contribution in [2.45, 2.75) is 25.3 Å². The molecule has 1 heterocycles. The zero-order valence-corrected chi connectivity index (χ0v) is 8.86. The molecule has 0 radical (unpaired) electrons. The molecule has 1 aliphatic carbocycles. The second kappa shape index (κ2) is 3.96. The Bertz CT molecular complexity index is 333. The molecule has 1 aromatic rings. The molecule has 1 aromatic heterocycles. The van der Waals surface area contributed by atoms with E-state index in [2.05, 4.69) is 15.6 Å². The average Bonchev–Trinajstić information content (AvgIpc) is 2.59. The lowest BCUT2D eigenvalue weighted by molar-refractivity contribution is 0.0912. The third-order valence-electron chi connectivity index (χ3n) is 2.39. The number of hydrogen-bond acceptors (Lipinski definition) is 4. The van der Waals surface area contributed by atoms with Crippen LogP contribution in [0.3, 0.4) is 0 Å². The highest BCUT2D eigenvalue weighted by atomic mass is 32.1. The van der Waals surface area contributed by atoms with Gasteiger partial charge in [0.15, 0.2) is 5.13 Å². The van der Waals surface area contributed by atoms with Crippen LogP contribution in [0.4, 0.5) is 5.13 Å². The number of hydrogen-bond donors (Lipinski definition) is 2. The van der Waals surface area contributed by atoms with E-state index in [4.69, 9.17) is 0 Å². The summed E-state index contributed by atoms with van der Waals surface area (Å²) in [5.41, 5.74) is 0.520. The number of nitrogens with one attached hydrogen (secondary N) is 2. The van der Waals surface area contributed by atoms with Crippen molar-refractivity contribution in [3.8, 4) is 0 Å². The van der Waals surface area contributed by atoms with Crippen LogP contribution in [0.5, 0.6) is 0 Å². The summed E-state index contributed by atoms with van der Waals surface area (Å²) in [7, 11) is 1.80. The largest absolute Gasteiger partial charge is 0.365 e. The Labute approximate surface area is 86.7 Å². The van der Waals surface area contributed by atoms with Crippen LogP contribution >= 0.6 is 11.3 Å². The number of thiazole rings is 1. The molecule has 1 aliphatic rings. The number of nitrogens with zero attached hydrogens (tertiary/aromatic N) is 1. The molecule has 1 amide bonds. The second-order valence-corrected chi connectivity index (χ2v) is 4.25. The van der Waals surface area contributed by atoms with Gasteiger partial charge in [-0.3, -0.25) is 4.79 Å². The molecule has 0 aromatic carbocycles. The first kappa shape index (κ1) is 9.45. The number of anilines is 1. The van der Waals surface area contributed by atoms with Crippen molar-refractivity contribution < 1.29 is 4.79 Å². The maximum Gasteiger partial charge on any atom is 0.271 e. The molecule has 0 bridgehead atoms. The van der Waals surface area contributed by atoms with E-state index in [0.29, 0.717) is 11.7 Å². The van der Waals surface area contributed by atoms with Gasteiger partial charge in [-0.05, 0) is 19.3 Å². The molecule has 14 heavy (non-hydrogen) atoms. The van der Waals surface area contributed by atoms with Gasteiger partial charge in [-0.25, -0.2) is 4.98 Å². The van der Waals surface area contributed by atoms with Crippen molar-refractivity contribution in [3.63, 3.8) is 0 Å². The Kier molecular flexibility index (Phi) is 2.67. The zero-order chi connectivity index (χ0) is 9.97. The lowest BCUT2D eigenvalue weighted by Gasteiger charge is -2.25. The van der Waals surface area contributed by atoms with Crippen molar-refractivity contribution in [1.82, 2.24) is 10.3 Å². The van der Waals surface area contributed by atoms with E-state index in [1.54, 1.807) is 12.4 Å². The van der Waals surface area contributed by atoms with Crippen LogP contribution in [0.2, 0.25) is 0 Å². The minimum absolute atomic E-state index is 0.0487. The van der Waals surface area contributed by atoms with E-state index in [1.165, 1.54) is 17.8 Å². The van der Waals surface area contributed by atoms with Gasteiger partial charge in [0.2, 0.25) is 0 Å². The number of amides is 1. The van der Waals surface area contributed by atoms with Gasteiger partial charge in [0.05, 0.1) is 0 Å². The highest BCUT2D eigenvalue weighted by Gasteiger charge is 2.21. The van der Waals surface area contributed by atoms with E-state index in [-0.39, 0.29) is 5.91 Å². The van der Waals surface area contributed by atoms with Crippen LogP contribution < -0.4 is 10.6 Å². The van der Waals surface area contributed by atoms with E-state index in [1.807, 2.05) is 0 Å². The standard InChI is InChI=1S/C9H13N3OS/c1-10-9-12-7(5-14-9)8(13)11-6-3-2-4-6/h5-6H,2-4H2,1H3,(H,10,12)(H,11,13). The van der Waals surface area contributed by atoms with Gasteiger partial charge < -0.3 is 10.6 Å². The van der Waals surface area contributed by atoms with Gasteiger partial charge in [0.25, 0.3) is 5.91 Å². The third kappa shape index (κ3) is 1.87. The summed E-state index contributed by atoms with van der Waals surface area (Å²) in [6.45, 7) is 0. The molecule has 0 atom stereocenters. The molecule has 0 aliphatic heterocycles. The lowest BCUT2D eigenvalue weighted by atomic mass is 9.93. The topological polar surface area (TPSA) is 54.0 Å². The van der Waals surface area contributed by atoms with Crippen LogP contribution in [0.15, 0.2) is 5.38 Å². The predicted octanol–water partition coefficient (Wildman–Crippen LogP) is 1.47. The van der Waals surface area contributed by atoms with Gasteiger partial charge in [-0.15, -0.1) is 11.3 Å². The number of carbonyl (C=O) groups excluding carboxylic acids is 1. The molecule has 2 rings (SSSR count). The first-order valence-electron chi connectivity index (χ1n) is 4.74. The fourth-order valence-electron chi connectivity index (χ4n) is 1.30. The van der Waals surface area contributed by atoms with Crippen molar-refractivity contribution in [1.29, 1.82) is 0 Å². The molecule has 5 heteroatoms. The third-order valence-corrected chi connectivity index (χ3v) is 3.25. The Morgan fingerprint density at radius 1 is 1.64 bits per heavy atom. The molecule has 0 spiro atoms. The summed E-state index contributed by atoms with van der Waals surface area (Å²) in [5, 5.41) is 8.42. The van der Waals surface area contributed by atoms with Crippen molar-refractivity contribution in [3.05, 3.63) is 11.1 Å². The molecule has 4 nitrogen and oxygen atoms in total. The van der Waals surface area contributed by atoms with Gasteiger partial charge in [0.1, 0.15) is 5.69 Å². The van der Waals surface area contributed by atoms with Gasteiger partial charge in [0, 0.05) is 18.5 Å². The first-order valence-corrected chi connectivity index (χ1v) is 5.61. The summed E-state index contributed by atoms with van der Waals surface area (Å²) in [6.07, 6.45) is 3.44. The van der Waals surface area contributed by atoms with Crippen LogP contribution in [0, 0.1) is 0 Å². The zero-order valence-electron chi connectivity index (χ0n) is 8.04. The van der Waals surface area contributed by atoms with Crippen LogP contribution in [-0.4, -0.2) is 24.0 Å². The Balaban J connectivity index is 1.95. The molecule has 1 saturated carbocycles. The smallest absolute Gasteiger partial charge is 0.271 e. The van der Waals surface area contributed by atoms with E-state index >= 15 is 0 Å². The van der Waals surface area contributed by atoms with Gasteiger partial charge in [-0.2, -0.15) is 0 Å². The molecule has 2 N–H and O–H groups in total. The van der Waals surface area contributed by atoms with Crippen molar-refractivity contribution in [2.24, 2.45) is 0 Å². The number of aromatic nitrogens is 1. The fraction of sp³-hybridized carbons (Fsp3) is 0.556. The maximum atomic E-state index is 11.6. The van der Waals surface area contributed by atoms with Crippen molar-refractivity contribution in [2.75, 3.05) is 12.4 Å². The Morgan fingerprint density at radius 3 is 2.93 bits per heavy atom. The summed E-state index contributed by atoms with van der Waals surface area (Å²) < 4.78 is 0. The summed E-state index contributed by atoms with van der Waals surface area (Å²) >= 11 is 1.45. The first-order chi connectivity index (χ1) is 6.79. The highest BCUT2D eigenvalue weighted by Crippen LogP contribution is 2.19. The normalized spacial score (nSPS) is 16.1. The van der Waals surface area contributed by atoms with E-state index in [0.717, 1.165) is 18.0 Å². The van der Waals surface area contributed by atoms with E-state index < -0.39 is 0 Å². The average molecular weight is 211 g/mol. The fourth-order valence-corrected chi connectivity index (χ4v) is 1.96. The van der Waals surface area contributed by atoms with Crippen LogP contribution in [0.1, 0.15) is 29.8 Å². The summed E-state index contributed by atoms with van der Waals surface area (Å²) in [5.74, 6) is -0.0487. The molecule has 0 unspecified atom stereocenters. The molecular formula is C9H13N3OS. The highest BCUT2D eigenvalue weighted by molar-refractivity contribution is 7.13. The number of rotatable bonds is 3.